The number of rotatable bonds is 6. The lowest BCUT2D eigenvalue weighted by Gasteiger charge is -2.29. The lowest BCUT2D eigenvalue weighted by Crippen LogP contribution is -2.54. The number of halogens is 1. The van der Waals surface area contributed by atoms with Crippen molar-refractivity contribution in [2.45, 2.75) is 59.2 Å². The average Bonchev–Trinajstić information content (AvgIpc) is 2.55. The summed E-state index contributed by atoms with van der Waals surface area (Å²) < 4.78 is 5.31. The number of nitrogens with zero attached hydrogens (tertiary/aromatic N) is 2. The smallest absolute Gasteiger partial charge is 0.408 e. The Morgan fingerprint density at radius 2 is 1.89 bits per heavy atom. The Kier molecular flexibility index (Phi) is 10.9. The third kappa shape index (κ3) is 11.0. The molecular weight excluding hydrogens is 469 g/mol. The molecule has 0 aliphatic heterocycles. The first-order chi connectivity index (χ1) is 12.5. The van der Waals surface area contributed by atoms with E-state index in [4.69, 9.17) is 10.00 Å². The molecule has 0 unspecified atom stereocenters. The highest BCUT2D eigenvalue weighted by molar-refractivity contribution is 14.0. The Hall–Kier alpha value is -2.02. The summed E-state index contributed by atoms with van der Waals surface area (Å²) in [7, 11) is 0. The summed E-state index contributed by atoms with van der Waals surface area (Å²) >= 11 is 0. The minimum absolute atomic E-state index is 0. The van der Waals surface area contributed by atoms with Crippen molar-refractivity contribution in [2.24, 2.45) is 4.99 Å². The Morgan fingerprint density at radius 1 is 1.21 bits per heavy atom. The van der Waals surface area contributed by atoms with Gasteiger partial charge in [-0.3, -0.25) is 0 Å². The van der Waals surface area contributed by atoms with E-state index in [-0.39, 0.29) is 24.0 Å². The molecule has 0 saturated heterocycles. The first-order valence-corrected chi connectivity index (χ1v) is 9.07. The van der Waals surface area contributed by atoms with Crippen molar-refractivity contribution in [1.82, 2.24) is 16.0 Å². The molecule has 8 heteroatoms. The van der Waals surface area contributed by atoms with Gasteiger partial charge in [0.2, 0.25) is 0 Å². The summed E-state index contributed by atoms with van der Waals surface area (Å²) in [6, 6.07) is 9.49. The van der Waals surface area contributed by atoms with Crippen LogP contribution in [0.4, 0.5) is 4.79 Å². The first-order valence-electron chi connectivity index (χ1n) is 9.07. The third-order valence-corrected chi connectivity index (χ3v) is 3.36. The second-order valence-electron chi connectivity index (χ2n) is 7.87. The lowest BCUT2D eigenvalue weighted by atomic mass is 10.1. The summed E-state index contributed by atoms with van der Waals surface area (Å²) in [5, 5.41) is 18.2. The van der Waals surface area contributed by atoms with Gasteiger partial charge in [0.1, 0.15) is 5.60 Å². The van der Waals surface area contributed by atoms with Gasteiger partial charge >= 0.3 is 6.09 Å². The summed E-state index contributed by atoms with van der Waals surface area (Å²) in [5.74, 6) is 0.638. The zero-order valence-corrected chi connectivity index (χ0v) is 19.9. The van der Waals surface area contributed by atoms with E-state index in [9.17, 15) is 4.79 Å². The maximum atomic E-state index is 12.0. The van der Waals surface area contributed by atoms with Crippen molar-refractivity contribution in [3.63, 3.8) is 0 Å². The topological polar surface area (TPSA) is 98.5 Å². The van der Waals surface area contributed by atoms with Crippen molar-refractivity contribution >= 4 is 36.0 Å². The zero-order valence-electron chi connectivity index (χ0n) is 17.5. The largest absolute Gasteiger partial charge is 0.444 e. The van der Waals surface area contributed by atoms with E-state index >= 15 is 0 Å². The van der Waals surface area contributed by atoms with Crippen LogP contribution in [0.25, 0.3) is 0 Å². The number of aliphatic imine (C=N–C) groups is 1. The molecule has 0 radical (unpaired) electrons. The Bertz CT molecular complexity index is 705. The quantitative estimate of drug-likeness (QED) is 0.315. The fraction of sp³-hybridized carbons (Fsp3) is 0.550. The third-order valence-electron chi connectivity index (χ3n) is 3.36. The molecule has 0 spiro atoms. The number of nitriles is 1. The fourth-order valence-corrected chi connectivity index (χ4v) is 2.18. The molecule has 28 heavy (non-hydrogen) atoms. The van der Waals surface area contributed by atoms with Gasteiger partial charge in [0, 0.05) is 13.1 Å². The maximum absolute atomic E-state index is 12.0. The monoisotopic (exact) mass is 501 g/mol. The Labute approximate surface area is 185 Å². The van der Waals surface area contributed by atoms with E-state index in [1.807, 2.05) is 59.7 Å². The highest BCUT2D eigenvalue weighted by atomic mass is 127. The summed E-state index contributed by atoms with van der Waals surface area (Å²) in [6.07, 6.45) is -0.454. The molecule has 1 aromatic rings. The minimum Gasteiger partial charge on any atom is -0.444 e. The van der Waals surface area contributed by atoms with Gasteiger partial charge in [-0.05, 0) is 59.2 Å². The first kappa shape index (κ1) is 26.0. The number of nitrogens with one attached hydrogen (secondary N) is 3. The molecule has 0 aliphatic carbocycles. The summed E-state index contributed by atoms with van der Waals surface area (Å²) in [4.78, 5) is 16.5. The van der Waals surface area contributed by atoms with Gasteiger partial charge in [0.05, 0.1) is 23.7 Å². The van der Waals surface area contributed by atoms with E-state index in [1.165, 1.54) is 0 Å². The summed E-state index contributed by atoms with van der Waals surface area (Å²) in [5.41, 5.74) is 0.502. The Balaban J connectivity index is 0.00000729. The SMILES string of the molecule is CCNC(=NCc1cccc(C#N)c1)NCC(C)(C)NC(=O)OC(C)(C)C.I. The second-order valence-corrected chi connectivity index (χ2v) is 7.87. The van der Waals surface area contributed by atoms with Crippen molar-refractivity contribution in [3.8, 4) is 6.07 Å². The van der Waals surface area contributed by atoms with Crippen LogP contribution in [0.1, 0.15) is 52.7 Å². The van der Waals surface area contributed by atoms with Crippen molar-refractivity contribution in [1.29, 1.82) is 5.26 Å². The average molecular weight is 501 g/mol. The lowest BCUT2D eigenvalue weighted by molar-refractivity contribution is 0.0474. The molecule has 1 rings (SSSR count). The molecular formula is C20H32IN5O2. The molecule has 0 saturated carbocycles. The van der Waals surface area contributed by atoms with Crippen LogP contribution in [-0.2, 0) is 11.3 Å². The van der Waals surface area contributed by atoms with Crippen LogP contribution in [0.15, 0.2) is 29.3 Å². The number of hydrogen-bond donors (Lipinski definition) is 3. The molecule has 0 atom stereocenters. The molecule has 3 N–H and O–H groups in total. The normalized spacial score (nSPS) is 11.7. The van der Waals surface area contributed by atoms with E-state index < -0.39 is 17.2 Å². The van der Waals surface area contributed by atoms with Crippen LogP contribution >= 0.6 is 24.0 Å². The molecule has 1 amide bonds. The van der Waals surface area contributed by atoms with Gasteiger partial charge in [-0.2, -0.15) is 5.26 Å². The van der Waals surface area contributed by atoms with Crippen LogP contribution in [0.5, 0.6) is 0 Å². The number of guanidine groups is 1. The van der Waals surface area contributed by atoms with E-state index in [0.717, 1.165) is 5.56 Å². The Morgan fingerprint density at radius 3 is 2.46 bits per heavy atom. The molecule has 7 nitrogen and oxygen atoms in total. The standard InChI is InChI=1S/C20H31N5O2.HI/c1-7-22-17(23-13-16-10-8-9-15(11-16)12-21)24-14-20(5,6)25-18(26)27-19(2,3)4;/h8-11H,7,13-14H2,1-6H3,(H,25,26)(H2,22,23,24);1H. The van der Waals surface area contributed by atoms with Crippen molar-refractivity contribution < 1.29 is 9.53 Å². The number of amides is 1. The molecule has 0 aromatic heterocycles. The van der Waals surface area contributed by atoms with Gasteiger partial charge in [0.15, 0.2) is 5.96 Å². The van der Waals surface area contributed by atoms with Crippen molar-refractivity contribution in [2.75, 3.05) is 13.1 Å². The van der Waals surface area contributed by atoms with Gasteiger partial charge < -0.3 is 20.7 Å². The highest BCUT2D eigenvalue weighted by Crippen LogP contribution is 2.09. The predicted octanol–water partition coefficient (Wildman–Crippen LogP) is 3.53. The number of alkyl carbamates (subject to hydrolysis) is 1. The number of ether oxygens (including phenoxy) is 1. The summed E-state index contributed by atoms with van der Waals surface area (Å²) in [6.45, 7) is 12.9. The number of carbonyl (C=O) groups excluding carboxylic acids is 1. The van der Waals surface area contributed by atoms with Crippen LogP contribution in [0, 0.1) is 11.3 Å². The van der Waals surface area contributed by atoms with Crippen LogP contribution in [0.3, 0.4) is 0 Å². The van der Waals surface area contributed by atoms with Gasteiger partial charge in [-0.15, -0.1) is 24.0 Å². The molecule has 0 bridgehead atoms. The number of benzene rings is 1. The van der Waals surface area contributed by atoms with E-state index in [2.05, 4.69) is 27.0 Å². The van der Waals surface area contributed by atoms with Crippen LogP contribution in [0.2, 0.25) is 0 Å². The zero-order chi connectivity index (χ0) is 20.5. The van der Waals surface area contributed by atoms with Crippen molar-refractivity contribution in [3.05, 3.63) is 35.4 Å². The van der Waals surface area contributed by atoms with Crippen LogP contribution < -0.4 is 16.0 Å². The van der Waals surface area contributed by atoms with Gasteiger partial charge in [-0.25, -0.2) is 9.79 Å². The molecule has 0 aliphatic rings. The maximum Gasteiger partial charge on any atom is 0.408 e. The number of hydrogen-bond acceptors (Lipinski definition) is 4. The predicted molar refractivity (Wildman–Crippen MR) is 123 cm³/mol. The molecule has 0 heterocycles. The van der Waals surface area contributed by atoms with E-state index in [0.29, 0.717) is 31.2 Å². The number of carbonyl (C=O) groups is 1. The highest BCUT2D eigenvalue weighted by Gasteiger charge is 2.24. The molecule has 156 valence electrons. The molecule has 0 fully saturated rings. The van der Waals surface area contributed by atoms with Gasteiger partial charge in [0.25, 0.3) is 0 Å². The van der Waals surface area contributed by atoms with Gasteiger partial charge in [-0.1, -0.05) is 12.1 Å². The molecule has 1 aromatic carbocycles. The van der Waals surface area contributed by atoms with E-state index in [1.54, 1.807) is 6.07 Å². The minimum atomic E-state index is -0.540. The van der Waals surface area contributed by atoms with Crippen LogP contribution in [-0.4, -0.2) is 36.3 Å². The fourth-order valence-electron chi connectivity index (χ4n) is 2.18. The second kappa shape index (κ2) is 11.7.